The van der Waals surface area contributed by atoms with Crippen molar-refractivity contribution in [2.75, 3.05) is 39.3 Å². The van der Waals surface area contributed by atoms with Crippen LogP contribution < -0.4 is 87.2 Å². The maximum Gasteiger partial charge on any atom is 0.245 e. The van der Waals surface area contributed by atoms with E-state index in [0.29, 0.717) is 17.9 Å². The number of carbonyl (C=O) groups excluding carboxylic acids is 11. The minimum atomic E-state index is -1.68. The van der Waals surface area contributed by atoms with E-state index in [9.17, 15) is 57.8 Å². The highest BCUT2D eigenvalue weighted by Crippen LogP contribution is 2.14. The lowest BCUT2D eigenvalue weighted by Gasteiger charge is -2.29. The summed E-state index contributed by atoms with van der Waals surface area (Å²) < 4.78 is 0. The molecule has 468 valence electrons. The summed E-state index contributed by atoms with van der Waals surface area (Å²) in [6, 6.07) is -5.34. The highest BCUT2D eigenvalue weighted by molar-refractivity contribution is 5.99. The van der Waals surface area contributed by atoms with Gasteiger partial charge in [0.15, 0.2) is 0 Å². The Morgan fingerprint density at radius 2 is 1.07 bits per heavy atom. The summed E-state index contributed by atoms with van der Waals surface area (Å²) in [5.74, 6) is -8.79. The Bertz CT molecular complexity index is 2260. The number of nitrogens with two attached hydrogens (primary N) is 5. The van der Waals surface area contributed by atoms with E-state index < -0.39 is 132 Å². The molecule has 0 bridgehead atoms. The first-order chi connectivity index (χ1) is 39.4. The van der Waals surface area contributed by atoms with Gasteiger partial charge in [0.05, 0.1) is 6.10 Å². The molecule has 22 N–H and O–H groups in total. The van der Waals surface area contributed by atoms with Gasteiger partial charge < -0.3 is 92.3 Å². The minimum Gasteiger partial charge on any atom is -0.391 e. The third-order valence-corrected chi connectivity index (χ3v) is 13.9. The summed E-state index contributed by atoms with van der Waals surface area (Å²) in [5, 5.41) is 39.2. The Morgan fingerprint density at radius 1 is 0.578 bits per heavy atom. The first-order valence-electron chi connectivity index (χ1n) is 29.0. The third kappa shape index (κ3) is 26.5. The molecule has 1 aromatic rings. The van der Waals surface area contributed by atoms with Gasteiger partial charge in [-0.05, 0) is 115 Å². The average molecular weight is 1170 g/mol. The molecule has 0 saturated carbocycles. The Balaban J connectivity index is 2.62. The predicted molar refractivity (Wildman–Crippen MR) is 310 cm³/mol. The number of aliphatic hydroxyl groups is 1. The first kappa shape index (κ1) is 72.3. The van der Waals surface area contributed by atoms with Gasteiger partial charge in [-0.2, -0.15) is 0 Å². The van der Waals surface area contributed by atoms with E-state index in [1.807, 2.05) is 0 Å². The van der Waals surface area contributed by atoms with E-state index in [-0.39, 0.29) is 103 Å². The van der Waals surface area contributed by atoms with Crippen LogP contribution in [0.1, 0.15) is 124 Å². The maximum absolute atomic E-state index is 14.5. The number of rotatable bonds is 28. The third-order valence-electron chi connectivity index (χ3n) is 13.9. The molecule has 0 spiro atoms. The lowest BCUT2D eigenvalue weighted by atomic mass is 10.00. The molecule has 1 saturated heterocycles. The lowest BCUT2D eigenvalue weighted by Crippen LogP contribution is -2.62. The van der Waals surface area contributed by atoms with Crippen LogP contribution in [0.4, 0.5) is 0 Å². The van der Waals surface area contributed by atoms with Crippen molar-refractivity contribution in [3.05, 3.63) is 35.9 Å². The monoisotopic (exact) mass is 1170 g/mol. The smallest absolute Gasteiger partial charge is 0.245 e. The van der Waals surface area contributed by atoms with E-state index in [2.05, 4.69) is 72.3 Å². The Hall–Kier alpha value is -6.85. The number of carbonyl (C=O) groups is 11. The van der Waals surface area contributed by atoms with E-state index in [4.69, 9.17) is 28.7 Å². The van der Waals surface area contributed by atoms with Gasteiger partial charge in [0.25, 0.3) is 0 Å². The second-order valence-corrected chi connectivity index (χ2v) is 21.6. The fraction of sp³-hybridized carbons (Fsp3) is 0.691. The van der Waals surface area contributed by atoms with Crippen molar-refractivity contribution < 1.29 is 57.8 Å². The maximum atomic E-state index is 14.5. The van der Waals surface area contributed by atoms with E-state index in [0.717, 1.165) is 19.3 Å². The molecule has 1 aliphatic rings. The number of hydrogen-bond acceptors (Lipinski definition) is 17. The van der Waals surface area contributed by atoms with Gasteiger partial charge in [0.2, 0.25) is 65.0 Å². The van der Waals surface area contributed by atoms with Crippen molar-refractivity contribution in [3.8, 4) is 0 Å². The van der Waals surface area contributed by atoms with Crippen molar-refractivity contribution in [2.45, 2.75) is 192 Å². The summed E-state index contributed by atoms with van der Waals surface area (Å²) in [6.45, 7) is 9.48. The highest BCUT2D eigenvalue weighted by Gasteiger charge is 2.37. The van der Waals surface area contributed by atoms with Gasteiger partial charge in [-0.15, -0.1) is 0 Å². The summed E-state index contributed by atoms with van der Waals surface area (Å²) in [6.07, 6.45) is 0.906. The number of hydrogen-bond donors (Lipinski definition) is 17. The van der Waals surface area contributed by atoms with Crippen molar-refractivity contribution >= 4 is 65.0 Å². The molecule has 28 nitrogen and oxygen atoms in total. The van der Waals surface area contributed by atoms with Gasteiger partial charge in [-0.1, -0.05) is 77.3 Å². The van der Waals surface area contributed by atoms with E-state index >= 15 is 0 Å². The molecule has 0 unspecified atom stereocenters. The Labute approximate surface area is 487 Å². The van der Waals surface area contributed by atoms with Crippen LogP contribution in [0.15, 0.2) is 30.3 Å². The summed E-state index contributed by atoms with van der Waals surface area (Å²) in [7, 11) is 0. The van der Waals surface area contributed by atoms with Crippen LogP contribution in [0.5, 0.6) is 0 Å². The predicted octanol–water partition coefficient (Wildman–Crippen LogP) is -4.61. The molecule has 28 heteroatoms. The largest absolute Gasteiger partial charge is 0.391 e. The zero-order chi connectivity index (χ0) is 62.2. The zero-order valence-corrected chi connectivity index (χ0v) is 49.2. The molecule has 1 fully saturated rings. The van der Waals surface area contributed by atoms with Gasteiger partial charge in [0.1, 0.15) is 60.4 Å². The first-order valence-corrected chi connectivity index (χ1v) is 29.0. The second-order valence-electron chi connectivity index (χ2n) is 21.6. The molecule has 0 aliphatic carbocycles. The van der Waals surface area contributed by atoms with E-state index in [1.54, 1.807) is 44.2 Å². The highest BCUT2D eigenvalue weighted by atomic mass is 16.3. The van der Waals surface area contributed by atoms with Crippen molar-refractivity contribution in [2.24, 2.45) is 40.5 Å². The molecule has 1 aromatic carbocycles. The Kier molecular flexibility index (Phi) is 33.8. The van der Waals surface area contributed by atoms with Crippen LogP contribution in [0.25, 0.3) is 0 Å². The number of nitrogens with one attached hydrogen (secondary N) is 11. The molecule has 12 atom stereocenters. The molecule has 83 heavy (non-hydrogen) atoms. The quantitative estimate of drug-likeness (QED) is 0.0351. The Morgan fingerprint density at radius 3 is 1.59 bits per heavy atom. The number of benzene rings is 1. The van der Waals surface area contributed by atoms with Crippen molar-refractivity contribution in [1.29, 1.82) is 0 Å². The normalized spacial score (nSPS) is 22.8. The molecule has 1 heterocycles. The van der Waals surface area contributed by atoms with Crippen LogP contribution in [-0.4, -0.2) is 176 Å². The molecule has 1 aliphatic heterocycles. The fourth-order valence-corrected chi connectivity index (χ4v) is 8.88. The summed E-state index contributed by atoms with van der Waals surface area (Å²) >= 11 is 0. The van der Waals surface area contributed by atoms with Crippen molar-refractivity contribution in [3.63, 3.8) is 0 Å². The number of aliphatic hydroxyl groups excluding tert-OH is 1. The minimum absolute atomic E-state index is 0.00416. The van der Waals surface area contributed by atoms with Crippen LogP contribution in [-0.2, 0) is 59.2 Å². The topological polar surface area (TPSA) is 470 Å². The molecule has 0 aromatic heterocycles. The van der Waals surface area contributed by atoms with Crippen LogP contribution >= 0.6 is 0 Å². The van der Waals surface area contributed by atoms with Gasteiger partial charge in [0, 0.05) is 19.4 Å². The molecular weight excluding hydrogens is 1080 g/mol. The standard InChI is InChI=1S/C55H96N16O12/c1-7-32(4)13-11-12-16-44(73)63-36(17-23-56)52(80)71-45(34(6)72)55(83)68-40(21-27-60)49(77)67-41-22-28-61-46(74)33(5)62-47(75)37(18-24-57)64-48(76)38(19-25-58)66-53(81)42(29-31(2)3)69-54(82)43(30-35-14-9-8-10-15-35)70-50(78)39(20-26-59)65-51(41)79/h8-10,14-15,31-34,36-43,45,72H,7,11-13,16-30,56-60H2,1-6H3,(H,61,74)(H,62,75)(H,63,73)(H,64,76)(H,65,79)(H,66,81)(H,67,77)(H,68,83)(H,69,82)(H,70,78)(H,71,80)/t32-,33-,34+,36-,37-,38-,39-,40-,41-,42-,43+,45-/m0/s1. The molecular formula is C55H96N16O12. The second kappa shape index (κ2) is 38.8. The van der Waals surface area contributed by atoms with Crippen LogP contribution in [0.3, 0.4) is 0 Å². The number of unbranched alkanes of at least 4 members (excludes halogenated alkanes) is 1. The zero-order valence-electron chi connectivity index (χ0n) is 49.2. The van der Waals surface area contributed by atoms with Gasteiger partial charge >= 0.3 is 0 Å². The van der Waals surface area contributed by atoms with Crippen LogP contribution in [0, 0.1) is 11.8 Å². The van der Waals surface area contributed by atoms with Gasteiger partial charge in [-0.25, -0.2) is 0 Å². The van der Waals surface area contributed by atoms with Gasteiger partial charge in [-0.3, -0.25) is 52.7 Å². The number of amides is 11. The lowest BCUT2D eigenvalue weighted by molar-refractivity contribution is -0.137. The SMILES string of the molecule is CC[C@H](C)CCCCC(=O)N[C@@H](CCN)C(=O)N[C@H](C(=O)N[C@@H](CCN)C(=O)N[C@H]1CCNC(=O)[C@H](C)NC(=O)[C@H](CCN)NC(=O)[C@H](CCN)NC(=O)[C@H](CC(C)C)NC(=O)[C@@H](Cc2ccccc2)NC(=O)[C@H](CCN)NC1=O)[C@@H](C)O. The summed E-state index contributed by atoms with van der Waals surface area (Å²) in [5.41, 5.74) is 29.9. The molecule has 2 rings (SSSR count). The summed E-state index contributed by atoms with van der Waals surface area (Å²) in [4.78, 5) is 153. The van der Waals surface area contributed by atoms with Crippen molar-refractivity contribution in [1.82, 2.24) is 58.5 Å². The van der Waals surface area contributed by atoms with E-state index in [1.165, 1.54) is 13.8 Å². The molecule has 0 radical (unpaired) electrons. The average Bonchev–Trinajstić information content (AvgIpc) is 3.44. The van der Waals surface area contributed by atoms with Crippen LogP contribution in [0.2, 0.25) is 0 Å². The fourth-order valence-electron chi connectivity index (χ4n) is 8.88. The molecule has 11 amide bonds.